The molecule has 0 radical (unpaired) electrons. The molecule has 0 spiro atoms. The normalized spacial score (nSPS) is 10.2. The molecule has 20 heavy (non-hydrogen) atoms. The summed E-state index contributed by atoms with van der Waals surface area (Å²) in [6.07, 6.45) is 0. The highest BCUT2D eigenvalue weighted by atomic mass is 35.5. The molecule has 3 nitrogen and oxygen atoms in total. The SMILES string of the molecule is COc1ccc(NC(=O)c2ccc(F)cc2F)cc1Cl. The van der Waals surface area contributed by atoms with E-state index in [1.54, 1.807) is 12.1 Å². The average Bonchev–Trinajstić information content (AvgIpc) is 2.38. The minimum Gasteiger partial charge on any atom is -0.495 e. The lowest BCUT2D eigenvalue weighted by molar-refractivity contribution is 0.102. The Labute approximate surface area is 119 Å². The summed E-state index contributed by atoms with van der Waals surface area (Å²) in [6, 6.07) is 7.34. The van der Waals surface area contributed by atoms with E-state index in [2.05, 4.69) is 5.32 Å². The first-order chi connectivity index (χ1) is 9.51. The van der Waals surface area contributed by atoms with Gasteiger partial charge >= 0.3 is 0 Å². The zero-order valence-electron chi connectivity index (χ0n) is 10.4. The standard InChI is InChI=1S/C14H10ClF2NO2/c1-20-13-5-3-9(7-11(13)15)18-14(19)10-4-2-8(16)6-12(10)17/h2-7H,1H3,(H,18,19). The van der Waals surface area contributed by atoms with Crippen LogP contribution in [0.4, 0.5) is 14.5 Å². The van der Waals surface area contributed by atoms with Gasteiger partial charge in [-0.15, -0.1) is 0 Å². The molecule has 1 N–H and O–H groups in total. The lowest BCUT2D eigenvalue weighted by atomic mass is 10.2. The Morgan fingerprint density at radius 1 is 1.20 bits per heavy atom. The van der Waals surface area contributed by atoms with E-state index < -0.39 is 17.5 Å². The second kappa shape index (κ2) is 5.88. The van der Waals surface area contributed by atoms with E-state index in [1.807, 2.05) is 0 Å². The summed E-state index contributed by atoms with van der Waals surface area (Å²) in [5.41, 5.74) is 0.128. The Bertz CT molecular complexity index is 662. The van der Waals surface area contributed by atoms with E-state index in [-0.39, 0.29) is 5.56 Å². The molecule has 6 heteroatoms. The van der Waals surface area contributed by atoms with E-state index >= 15 is 0 Å². The van der Waals surface area contributed by atoms with Crippen LogP contribution >= 0.6 is 11.6 Å². The number of hydrogen-bond donors (Lipinski definition) is 1. The number of benzene rings is 2. The van der Waals surface area contributed by atoms with Crippen molar-refractivity contribution in [2.24, 2.45) is 0 Å². The van der Waals surface area contributed by atoms with Crippen LogP contribution in [0.25, 0.3) is 0 Å². The third-order valence-corrected chi connectivity index (χ3v) is 2.88. The Kier molecular flexibility index (Phi) is 4.20. The van der Waals surface area contributed by atoms with Gasteiger partial charge in [-0.3, -0.25) is 4.79 Å². The van der Waals surface area contributed by atoms with Crippen molar-refractivity contribution in [2.75, 3.05) is 12.4 Å². The first-order valence-electron chi connectivity index (χ1n) is 5.61. The van der Waals surface area contributed by atoms with Crippen molar-refractivity contribution in [1.82, 2.24) is 0 Å². The lowest BCUT2D eigenvalue weighted by Crippen LogP contribution is -2.13. The van der Waals surface area contributed by atoms with E-state index in [1.165, 1.54) is 13.2 Å². The molecule has 2 aromatic rings. The molecule has 0 aliphatic rings. The molecule has 0 atom stereocenters. The van der Waals surface area contributed by atoms with Gasteiger partial charge in [0.25, 0.3) is 5.91 Å². The number of amides is 1. The fourth-order valence-corrected chi connectivity index (χ4v) is 1.87. The number of hydrogen-bond acceptors (Lipinski definition) is 2. The smallest absolute Gasteiger partial charge is 0.258 e. The average molecular weight is 298 g/mol. The van der Waals surface area contributed by atoms with Crippen molar-refractivity contribution in [2.45, 2.75) is 0 Å². The minimum atomic E-state index is -0.929. The Morgan fingerprint density at radius 3 is 2.55 bits per heavy atom. The van der Waals surface area contributed by atoms with Crippen molar-refractivity contribution in [3.8, 4) is 5.75 Å². The molecular formula is C14H10ClF2NO2. The highest BCUT2D eigenvalue weighted by molar-refractivity contribution is 6.32. The van der Waals surface area contributed by atoms with Crippen LogP contribution < -0.4 is 10.1 Å². The van der Waals surface area contributed by atoms with Gasteiger partial charge in [-0.2, -0.15) is 0 Å². The third kappa shape index (κ3) is 3.05. The van der Waals surface area contributed by atoms with Gasteiger partial charge in [-0.25, -0.2) is 8.78 Å². The predicted octanol–water partition coefficient (Wildman–Crippen LogP) is 3.88. The van der Waals surface area contributed by atoms with Crippen molar-refractivity contribution in [1.29, 1.82) is 0 Å². The van der Waals surface area contributed by atoms with Gasteiger partial charge in [0.15, 0.2) is 0 Å². The fourth-order valence-electron chi connectivity index (χ4n) is 1.62. The molecule has 0 aliphatic carbocycles. The molecule has 1 amide bonds. The maximum atomic E-state index is 13.5. The van der Waals surface area contributed by atoms with E-state index in [9.17, 15) is 13.6 Å². The van der Waals surface area contributed by atoms with Gasteiger partial charge in [0.05, 0.1) is 17.7 Å². The number of carbonyl (C=O) groups is 1. The summed E-state index contributed by atoms with van der Waals surface area (Å²) in [7, 11) is 1.47. The summed E-state index contributed by atoms with van der Waals surface area (Å²) in [4.78, 5) is 11.9. The van der Waals surface area contributed by atoms with Crippen LogP contribution in [0, 0.1) is 11.6 Å². The van der Waals surface area contributed by atoms with Crippen LogP contribution in [0.15, 0.2) is 36.4 Å². The second-order valence-corrected chi connectivity index (χ2v) is 4.33. The third-order valence-electron chi connectivity index (χ3n) is 2.59. The highest BCUT2D eigenvalue weighted by Crippen LogP contribution is 2.27. The molecule has 0 bridgehead atoms. The summed E-state index contributed by atoms with van der Waals surface area (Å²) in [5, 5.41) is 2.78. The summed E-state index contributed by atoms with van der Waals surface area (Å²) in [5.74, 6) is -1.91. The molecular weight excluding hydrogens is 288 g/mol. The number of methoxy groups -OCH3 is 1. The molecule has 0 unspecified atom stereocenters. The molecule has 0 heterocycles. The Hall–Kier alpha value is -2.14. The number of rotatable bonds is 3. The Balaban J connectivity index is 2.21. The number of anilines is 1. The predicted molar refractivity (Wildman–Crippen MR) is 72.3 cm³/mol. The molecule has 2 rings (SSSR count). The quantitative estimate of drug-likeness (QED) is 0.933. The molecule has 2 aromatic carbocycles. The van der Waals surface area contributed by atoms with Gasteiger partial charge in [-0.1, -0.05) is 11.6 Å². The van der Waals surface area contributed by atoms with E-state index in [0.717, 1.165) is 12.1 Å². The van der Waals surface area contributed by atoms with Crippen LogP contribution in [0.1, 0.15) is 10.4 Å². The molecule has 104 valence electrons. The monoisotopic (exact) mass is 297 g/mol. The number of carbonyl (C=O) groups excluding carboxylic acids is 1. The lowest BCUT2D eigenvalue weighted by Gasteiger charge is -2.08. The fraction of sp³-hybridized carbons (Fsp3) is 0.0714. The van der Waals surface area contributed by atoms with Crippen LogP contribution in [0.5, 0.6) is 5.75 Å². The first-order valence-corrected chi connectivity index (χ1v) is 5.99. The number of ether oxygens (including phenoxy) is 1. The van der Waals surface area contributed by atoms with Gasteiger partial charge in [0, 0.05) is 11.8 Å². The first kappa shape index (κ1) is 14.3. The maximum absolute atomic E-state index is 13.5. The zero-order chi connectivity index (χ0) is 14.7. The van der Waals surface area contributed by atoms with Crippen LogP contribution in [0.3, 0.4) is 0 Å². The van der Waals surface area contributed by atoms with Crippen molar-refractivity contribution < 1.29 is 18.3 Å². The van der Waals surface area contributed by atoms with Gasteiger partial charge < -0.3 is 10.1 Å². The molecule has 0 saturated heterocycles. The summed E-state index contributed by atoms with van der Waals surface area (Å²) < 4.78 is 31.2. The summed E-state index contributed by atoms with van der Waals surface area (Å²) in [6.45, 7) is 0. The number of halogens is 3. The van der Waals surface area contributed by atoms with Gasteiger partial charge in [0.1, 0.15) is 17.4 Å². The van der Waals surface area contributed by atoms with Gasteiger partial charge in [0.2, 0.25) is 0 Å². The van der Waals surface area contributed by atoms with E-state index in [0.29, 0.717) is 22.5 Å². The topological polar surface area (TPSA) is 38.3 Å². The van der Waals surface area contributed by atoms with Gasteiger partial charge in [-0.05, 0) is 30.3 Å². The van der Waals surface area contributed by atoms with Crippen molar-refractivity contribution >= 4 is 23.2 Å². The maximum Gasteiger partial charge on any atom is 0.258 e. The van der Waals surface area contributed by atoms with Crippen molar-refractivity contribution in [3.63, 3.8) is 0 Å². The van der Waals surface area contributed by atoms with E-state index in [4.69, 9.17) is 16.3 Å². The highest BCUT2D eigenvalue weighted by Gasteiger charge is 2.13. The molecule has 0 fully saturated rings. The second-order valence-electron chi connectivity index (χ2n) is 3.93. The van der Waals surface area contributed by atoms with Crippen LogP contribution in [-0.4, -0.2) is 13.0 Å². The van der Waals surface area contributed by atoms with Crippen LogP contribution in [0.2, 0.25) is 5.02 Å². The largest absolute Gasteiger partial charge is 0.495 e. The molecule has 0 saturated carbocycles. The zero-order valence-corrected chi connectivity index (χ0v) is 11.2. The minimum absolute atomic E-state index is 0.252. The van der Waals surface area contributed by atoms with Crippen molar-refractivity contribution in [3.05, 3.63) is 58.6 Å². The molecule has 0 aliphatic heterocycles. The Morgan fingerprint density at radius 2 is 1.95 bits per heavy atom. The summed E-state index contributed by atoms with van der Waals surface area (Å²) >= 11 is 5.91. The molecule has 0 aromatic heterocycles. The number of nitrogens with one attached hydrogen (secondary N) is 1. The van der Waals surface area contributed by atoms with Crippen LogP contribution in [-0.2, 0) is 0 Å².